The third-order valence-corrected chi connectivity index (χ3v) is 3.97. The van der Waals surface area contributed by atoms with Gasteiger partial charge in [-0.3, -0.25) is 4.79 Å². The number of aryl methyl sites for hydroxylation is 1. The van der Waals surface area contributed by atoms with E-state index >= 15 is 0 Å². The number of nitrogens with one attached hydrogen (secondary N) is 1. The third-order valence-electron chi connectivity index (χ3n) is 2.88. The number of carbonyl (C=O) groups excluding carboxylic acids is 1. The van der Waals surface area contributed by atoms with E-state index in [2.05, 4.69) is 21.6 Å². The number of nitrogens with zero attached hydrogens (tertiary/aromatic N) is 4. The Hall–Kier alpha value is -2.33. The van der Waals surface area contributed by atoms with E-state index in [1.165, 1.54) is 11.8 Å². The van der Waals surface area contributed by atoms with Crippen molar-refractivity contribution in [3.05, 3.63) is 36.2 Å². The predicted molar refractivity (Wildman–Crippen MR) is 80.8 cm³/mol. The van der Waals surface area contributed by atoms with E-state index in [0.717, 1.165) is 6.54 Å². The van der Waals surface area contributed by atoms with Crippen LogP contribution in [-0.4, -0.2) is 25.9 Å². The number of nitriles is 1. The van der Waals surface area contributed by atoms with Crippen LogP contribution in [-0.2, 0) is 11.3 Å². The van der Waals surface area contributed by atoms with Crippen molar-refractivity contribution in [1.29, 1.82) is 5.26 Å². The lowest BCUT2D eigenvalue weighted by Crippen LogP contribution is -2.23. The molecule has 0 fully saturated rings. The fourth-order valence-electron chi connectivity index (χ4n) is 1.69. The van der Waals surface area contributed by atoms with Gasteiger partial charge in [-0.25, -0.2) is 0 Å². The minimum Gasteiger partial charge on any atom is -0.324 e. The molecule has 1 atom stereocenters. The second-order valence-corrected chi connectivity index (χ2v) is 5.61. The Labute approximate surface area is 127 Å². The summed E-state index contributed by atoms with van der Waals surface area (Å²) >= 11 is 1.34. The molecule has 21 heavy (non-hydrogen) atoms. The zero-order chi connectivity index (χ0) is 15.2. The highest BCUT2D eigenvalue weighted by molar-refractivity contribution is 8.00. The van der Waals surface area contributed by atoms with Crippen LogP contribution >= 0.6 is 11.8 Å². The summed E-state index contributed by atoms with van der Waals surface area (Å²) in [5, 5.41) is 20.0. The second kappa shape index (κ2) is 6.90. The smallest absolute Gasteiger partial charge is 0.237 e. The van der Waals surface area contributed by atoms with Crippen LogP contribution in [0.4, 0.5) is 5.69 Å². The number of hydrogen-bond donors (Lipinski definition) is 1. The van der Waals surface area contributed by atoms with Gasteiger partial charge in [0.2, 0.25) is 5.91 Å². The van der Waals surface area contributed by atoms with Gasteiger partial charge in [-0.05, 0) is 26.0 Å². The molecule has 0 bridgehead atoms. The van der Waals surface area contributed by atoms with Gasteiger partial charge in [0.05, 0.1) is 16.5 Å². The fraction of sp³-hybridized carbons (Fsp3) is 0.286. The molecule has 108 valence electrons. The quantitative estimate of drug-likeness (QED) is 0.857. The lowest BCUT2D eigenvalue weighted by atomic mass is 10.2. The maximum atomic E-state index is 12.2. The standard InChI is InChI=1S/C14H15N5OS/c1-3-19-9-16-18-14(19)21-10(2)13(20)17-12-7-5-4-6-11(12)8-15/h4-7,9-10H,3H2,1-2H3,(H,17,20)/t10-/m0/s1. The summed E-state index contributed by atoms with van der Waals surface area (Å²) in [4.78, 5) is 12.2. The molecule has 2 aromatic rings. The Bertz CT molecular complexity index is 676. The van der Waals surface area contributed by atoms with Gasteiger partial charge in [-0.2, -0.15) is 5.26 Å². The normalized spacial score (nSPS) is 11.7. The lowest BCUT2D eigenvalue weighted by molar-refractivity contribution is -0.115. The number of amides is 1. The van der Waals surface area contributed by atoms with Crippen molar-refractivity contribution in [2.75, 3.05) is 5.32 Å². The molecule has 0 saturated carbocycles. The molecule has 0 aliphatic carbocycles. The first kappa shape index (κ1) is 15.1. The number of rotatable bonds is 5. The summed E-state index contributed by atoms with van der Waals surface area (Å²) in [6.45, 7) is 4.53. The second-order valence-electron chi connectivity index (χ2n) is 4.31. The minimum absolute atomic E-state index is 0.173. The van der Waals surface area contributed by atoms with E-state index in [1.807, 2.05) is 11.5 Å². The Morgan fingerprint density at radius 1 is 1.52 bits per heavy atom. The number of benzene rings is 1. The first-order valence-electron chi connectivity index (χ1n) is 6.50. The van der Waals surface area contributed by atoms with E-state index < -0.39 is 0 Å². The summed E-state index contributed by atoms with van der Waals surface area (Å²) in [6, 6.07) is 8.97. The molecule has 1 amide bonds. The molecule has 6 nitrogen and oxygen atoms in total. The summed E-state index contributed by atoms with van der Waals surface area (Å²) in [5.74, 6) is -0.173. The number of aromatic nitrogens is 3. The average Bonchev–Trinajstić information content (AvgIpc) is 2.94. The molecule has 0 aliphatic heterocycles. The van der Waals surface area contributed by atoms with Crippen molar-refractivity contribution in [2.24, 2.45) is 0 Å². The molecule has 1 N–H and O–H groups in total. The summed E-state index contributed by atoms with van der Waals surface area (Å²) in [6.07, 6.45) is 1.64. The maximum absolute atomic E-state index is 12.2. The molecular formula is C14H15N5OS. The van der Waals surface area contributed by atoms with Crippen molar-refractivity contribution in [3.8, 4) is 6.07 Å². The number of hydrogen-bond acceptors (Lipinski definition) is 5. The topological polar surface area (TPSA) is 83.6 Å². The van der Waals surface area contributed by atoms with Crippen LogP contribution in [0.5, 0.6) is 0 Å². The average molecular weight is 301 g/mol. The molecule has 0 spiro atoms. The molecule has 0 saturated heterocycles. The first-order chi connectivity index (χ1) is 10.2. The van der Waals surface area contributed by atoms with Crippen LogP contribution < -0.4 is 5.32 Å². The molecule has 2 rings (SSSR count). The van der Waals surface area contributed by atoms with Crippen molar-refractivity contribution in [3.63, 3.8) is 0 Å². The van der Waals surface area contributed by atoms with Gasteiger partial charge < -0.3 is 9.88 Å². The Morgan fingerprint density at radius 3 is 3.00 bits per heavy atom. The summed E-state index contributed by atoms with van der Waals surface area (Å²) in [7, 11) is 0. The zero-order valence-corrected chi connectivity index (χ0v) is 12.6. The van der Waals surface area contributed by atoms with Gasteiger partial charge >= 0.3 is 0 Å². The van der Waals surface area contributed by atoms with Crippen LogP contribution in [0.15, 0.2) is 35.7 Å². The van der Waals surface area contributed by atoms with Gasteiger partial charge in [-0.15, -0.1) is 10.2 Å². The summed E-state index contributed by atoms with van der Waals surface area (Å²) in [5.41, 5.74) is 0.967. The highest BCUT2D eigenvalue weighted by atomic mass is 32.2. The van der Waals surface area contributed by atoms with Crippen LogP contribution in [0.2, 0.25) is 0 Å². The van der Waals surface area contributed by atoms with E-state index in [4.69, 9.17) is 5.26 Å². The highest BCUT2D eigenvalue weighted by Crippen LogP contribution is 2.22. The van der Waals surface area contributed by atoms with Gasteiger partial charge in [-0.1, -0.05) is 23.9 Å². The number of anilines is 1. The van der Waals surface area contributed by atoms with Crippen molar-refractivity contribution < 1.29 is 4.79 Å². The van der Waals surface area contributed by atoms with Gasteiger partial charge in [0.25, 0.3) is 0 Å². The van der Waals surface area contributed by atoms with E-state index in [9.17, 15) is 4.79 Å². The monoisotopic (exact) mass is 301 g/mol. The molecule has 0 radical (unpaired) electrons. The van der Waals surface area contributed by atoms with Crippen LogP contribution in [0.1, 0.15) is 19.4 Å². The number of para-hydroxylation sites is 1. The third kappa shape index (κ3) is 3.61. The number of carbonyl (C=O) groups is 1. The first-order valence-corrected chi connectivity index (χ1v) is 7.38. The molecule has 1 heterocycles. The molecule has 1 aromatic heterocycles. The minimum atomic E-state index is -0.341. The lowest BCUT2D eigenvalue weighted by Gasteiger charge is -2.12. The molecule has 7 heteroatoms. The van der Waals surface area contributed by atoms with Gasteiger partial charge in [0.15, 0.2) is 5.16 Å². The Balaban J connectivity index is 2.05. The van der Waals surface area contributed by atoms with Crippen LogP contribution in [0.25, 0.3) is 0 Å². The zero-order valence-electron chi connectivity index (χ0n) is 11.8. The van der Waals surface area contributed by atoms with Crippen LogP contribution in [0, 0.1) is 11.3 Å². The van der Waals surface area contributed by atoms with E-state index in [1.54, 1.807) is 37.5 Å². The van der Waals surface area contributed by atoms with Gasteiger partial charge in [0, 0.05) is 6.54 Å². The molecule has 0 aliphatic rings. The largest absolute Gasteiger partial charge is 0.324 e. The van der Waals surface area contributed by atoms with E-state index in [-0.39, 0.29) is 11.2 Å². The number of thioether (sulfide) groups is 1. The maximum Gasteiger partial charge on any atom is 0.237 e. The van der Waals surface area contributed by atoms with Crippen LogP contribution in [0.3, 0.4) is 0 Å². The fourth-order valence-corrected chi connectivity index (χ4v) is 2.58. The Morgan fingerprint density at radius 2 is 2.29 bits per heavy atom. The van der Waals surface area contributed by atoms with Crippen molar-refractivity contribution in [2.45, 2.75) is 30.8 Å². The molecule has 0 unspecified atom stereocenters. The summed E-state index contributed by atoms with van der Waals surface area (Å²) < 4.78 is 1.87. The molecular weight excluding hydrogens is 286 g/mol. The highest BCUT2D eigenvalue weighted by Gasteiger charge is 2.18. The van der Waals surface area contributed by atoms with Crippen molar-refractivity contribution in [1.82, 2.24) is 14.8 Å². The molecule has 1 aromatic carbocycles. The van der Waals surface area contributed by atoms with E-state index in [0.29, 0.717) is 16.4 Å². The predicted octanol–water partition coefficient (Wildman–Crippen LogP) is 2.29. The Kier molecular flexibility index (Phi) is 4.95. The SMILES string of the molecule is CCn1cnnc1S[C@@H](C)C(=O)Nc1ccccc1C#N. The van der Waals surface area contributed by atoms with Crippen molar-refractivity contribution >= 4 is 23.4 Å². The van der Waals surface area contributed by atoms with Gasteiger partial charge in [0.1, 0.15) is 12.4 Å².